The molecule has 1 aromatic carbocycles. The van der Waals surface area contributed by atoms with E-state index in [0.29, 0.717) is 52.3 Å². The number of rotatable bonds is 6. The quantitative estimate of drug-likeness (QED) is 0.579. The fourth-order valence-corrected chi connectivity index (χ4v) is 4.50. The number of nitrogens with zero attached hydrogens (tertiary/aromatic N) is 1. The highest BCUT2D eigenvalue weighted by Crippen LogP contribution is 2.50. The Morgan fingerprint density at radius 1 is 1.31 bits per heavy atom. The Balaban J connectivity index is 2.14. The number of benzene rings is 1. The lowest BCUT2D eigenvalue weighted by molar-refractivity contribution is -0.142. The van der Waals surface area contributed by atoms with Gasteiger partial charge in [-0.05, 0) is 30.0 Å². The second-order valence-corrected chi connectivity index (χ2v) is 9.18. The number of esters is 1. The van der Waals surface area contributed by atoms with Gasteiger partial charge >= 0.3 is 5.97 Å². The van der Waals surface area contributed by atoms with Crippen LogP contribution in [-0.4, -0.2) is 32.1 Å². The van der Waals surface area contributed by atoms with Gasteiger partial charge < -0.3 is 24.7 Å². The van der Waals surface area contributed by atoms with Crippen molar-refractivity contribution in [1.82, 2.24) is 0 Å². The zero-order valence-electron chi connectivity index (χ0n) is 18.4. The van der Waals surface area contributed by atoms with Crippen LogP contribution in [0, 0.1) is 16.7 Å². The summed E-state index contributed by atoms with van der Waals surface area (Å²) < 4.78 is 22.2. The normalized spacial score (nSPS) is 19.6. The maximum absolute atomic E-state index is 13.2. The van der Waals surface area contributed by atoms with Crippen molar-refractivity contribution >= 4 is 27.7 Å². The second kappa shape index (κ2) is 9.25. The fraction of sp³-hybridized carbons (Fsp3) is 0.435. The van der Waals surface area contributed by atoms with Crippen LogP contribution in [0.4, 0.5) is 0 Å². The monoisotopic (exact) mass is 504 g/mol. The SMILES string of the molecule is CCOc1cc([C@@H]2C(C#N)=C(N)OC3=C2C(=O)CC(C)(C)C3)c(Br)cc1OCC(=O)OC. The van der Waals surface area contributed by atoms with Crippen LogP contribution in [0.25, 0.3) is 0 Å². The van der Waals surface area contributed by atoms with Gasteiger partial charge in [0.2, 0.25) is 5.88 Å². The number of halogens is 1. The Hall–Kier alpha value is -2.99. The molecule has 0 bridgehead atoms. The highest BCUT2D eigenvalue weighted by molar-refractivity contribution is 9.10. The molecule has 1 aliphatic heterocycles. The molecule has 1 aliphatic carbocycles. The minimum absolute atomic E-state index is 0.0161. The number of carbonyl (C=O) groups is 2. The molecular weight excluding hydrogens is 480 g/mol. The molecule has 1 atom stereocenters. The summed E-state index contributed by atoms with van der Waals surface area (Å²) in [5, 5.41) is 9.84. The first kappa shape index (κ1) is 23.7. The second-order valence-electron chi connectivity index (χ2n) is 8.32. The average Bonchev–Trinajstić information content (AvgIpc) is 2.71. The third-order valence-corrected chi connectivity index (χ3v) is 6.01. The summed E-state index contributed by atoms with van der Waals surface area (Å²) >= 11 is 3.53. The first-order chi connectivity index (χ1) is 15.1. The Morgan fingerprint density at radius 3 is 2.62 bits per heavy atom. The summed E-state index contributed by atoms with van der Waals surface area (Å²) in [6, 6.07) is 5.44. The van der Waals surface area contributed by atoms with Crippen LogP contribution < -0.4 is 15.2 Å². The van der Waals surface area contributed by atoms with Crippen molar-refractivity contribution in [1.29, 1.82) is 5.26 Å². The molecule has 0 fully saturated rings. The molecule has 32 heavy (non-hydrogen) atoms. The number of allylic oxidation sites excluding steroid dienone is 3. The minimum Gasteiger partial charge on any atom is -0.490 e. The molecule has 2 aliphatic rings. The molecule has 8 nitrogen and oxygen atoms in total. The first-order valence-electron chi connectivity index (χ1n) is 10.1. The van der Waals surface area contributed by atoms with Crippen molar-refractivity contribution in [2.75, 3.05) is 20.3 Å². The van der Waals surface area contributed by atoms with Crippen LogP contribution >= 0.6 is 15.9 Å². The predicted molar refractivity (Wildman–Crippen MR) is 119 cm³/mol. The standard InChI is InChI=1S/C23H25BrN2O6/c1-5-30-16-6-12(14(24)7-17(16)31-11-19(28)29-4)20-13(10-25)22(26)32-18-9-23(2,3)8-15(27)21(18)20/h6-7,20H,5,8-9,11,26H2,1-4H3/t20-/m1/s1. The summed E-state index contributed by atoms with van der Waals surface area (Å²) in [5.41, 5.74) is 7.03. The first-order valence-corrected chi connectivity index (χ1v) is 10.9. The van der Waals surface area contributed by atoms with Crippen LogP contribution in [-0.2, 0) is 19.1 Å². The minimum atomic E-state index is -0.712. The van der Waals surface area contributed by atoms with Crippen LogP contribution in [0.1, 0.15) is 45.1 Å². The Morgan fingerprint density at radius 2 is 2.00 bits per heavy atom. The number of ether oxygens (including phenoxy) is 4. The molecule has 0 radical (unpaired) electrons. The maximum atomic E-state index is 13.2. The van der Waals surface area contributed by atoms with E-state index in [1.54, 1.807) is 12.1 Å². The molecule has 2 N–H and O–H groups in total. The zero-order valence-corrected chi connectivity index (χ0v) is 20.0. The molecule has 0 saturated carbocycles. The van der Waals surface area contributed by atoms with Gasteiger partial charge in [-0.25, -0.2) is 4.79 Å². The van der Waals surface area contributed by atoms with Gasteiger partial charge in [0.25, 0.3) is 0 Å². The van der Waals surface area contributed by atoms with Crippen molar-refractivity contribution in [3.05, 3.63) is 45.0 Å². The van der Waals surface area contributed by atoms with E-state index in [1.165, 1.54) is 7.11 Å². The lowest BCUT2D eigenvalue weighted by Gasteiger charge is -2.37. The highest BCUT2D eigenvalue weighted by atomic mass is 79.9. The van der Waals surface area contributed by atoms with E-state index in [2.05, 4.69) is 26.7 Å². The average molecular weight is 505 g/mol. The zero-order chi connectivity index (χ0) is 23.6. The highest BCUT2D eigenvalue weighted by Gasteiger charge is 2.43. The molecule has 3 rings (SSSR count). The fourth-order valence-electron chi connectivity index (χ4n) is 3.94. The summed E-state index contributed by atoms with van der Waals surface area (Å²) in [4.78, 5) is 24.7. The molecule has 0 amide bonds. The van der Waals surface area contributed by atoms with E-state index in [9.17, 15) is 14.9 Å². The topological polar surface area (TPSA) is 121 Å². The predicted octanol–water partition coefficient (Wildman–Crippen LogP) is 3.85. The van der Waals surface area contributed by atoms with Gasteiger partial charge in [0, 0.05) is 22.9 Å². The molecule has 0 aromatic heterocycles. The van der Waals surface area contributed by atoms with E-state index >= 15 is 0 Å². The van der Waals surface area contributed by atoms with Crippen LogP contribution in [0.3, 0.4) is 0 Å². The number of Topliss-reactive ketones (excluding diaryl/α,β-unsaturated/α-hetero) is 1. The van der Waals surface area contributed by atoms with Gasteiger partial charge in [-0.2, -0.15) is 5.26 Å². The number of nitrogens with two attached hydrogens (primary N) is 1. The molecule has 1 aromatic rings. The lowest BCUT2D eigenvalue weighted by atomic mass is 9.70. The van der Waals surface area contributed by atoms with Crippen LogP contribution in [0.5, 0.6) is 11.5 Å². The van der Waals surface area contributed by atoms with Gasteiger partial charge in [-0.1, -0.05) is 29.8 Å². The number of methoxy groups -OCH3 is 1. The van der Waals surface area contributed by atoms with Crippen molar-refractivity contribution in [3.8, 4) is 17.6 Å². The number of nitriles is 1. The molecular formula is C23H25BrN2O6. The van der Waals surface area contributed by atoms with Crippen LogP contribution in [0.2, 0.25) is 0 Å². The van der Waals surface area contributed by atoms with Crippen molar-refractivity contribution < 1.29 is 28.5 Å². The van der Waals surface area contributed by atoms with Crippen molar-refractivity contribution in [2.24, 2.45) is 11.1 Å². The lowest BCUT2D eigenvalue weighted by Crippen LogP contribution is -2.33. The number of carbonyl (C=O) groups excluding carboxylic acids is 2. The van der Waals surface area contributed by atoms with E-state index in [0.717, 1.165) is 0 Å². The smallest absolute Gasteiger partial charge is 0.343 e. The van der Waals surface area contributed by atoms with Gasteiger partial charge in [-0.15, -0.1) is 0 Å². The molecule has 9 heteroatoms. The molecule has 170 valence electrons. The maximum Gasteiger partial charge on any atom is 0.343 e. The third kappa shape index (κ3) is 4.60. The number of hydrogen-bond acceptors (Lipinski definition) is 8. The van der Waals surface area contributed by atoms with E-state index in [4.69, 9.17) is 19.9 Å². The Bertz CT molecular complexity index is 1070. The molecule has 0 spiro atoms. The van der Waals surface area contributed by atoms with Gasteiger partial charge in [0.05, 0.1) is 19.6 Å². The summed E-state index contributed by atoms with van der Waals surface area (Å²) in [5.74, 6) is -0.178. The number of hydrogen-bond donors (Lipinski definition) is 1. The molecule has 0 unspecified atom stereocenters. The van der Waals surface area contributed by atoms with Gasteiger partial charge in [0.1, 0.15) is 17.4 Å². The third-order valence-electron chi connectivity index (χ3n) is 5.32. The number of ketones is 1. The van der Waals surface area contributed by atoms with Gasteiger partial charge in [0.15, 0.2) is 23.9 Å². The van der Waals surface area contributed by atoms with Crippen LogP contribution in [0.15, 0.2) is 39.4 Å². The van der Waals surface area contributed by atoms with E-state index < -0.39 is 11.9 Å². The van der Waals surface area contributed by atoms with Crippen molar-refractivity contribution in [2.45, 2.75) is 39.5 Å². The summed E-state index contributed by atoms with van der Waals surface area (Å²) in [7, 11) is 1.27. The van der Waals surface area contributed by atoms with Gasteiger partial charge in [-0.3, -0.25) is 4.79 Å². The molecule has 0 saturated heterocycles. The summed E-state index contributed by atoms with van der Waals surface area (Å²) in [6.45, 7) is 5.84. The summed E-state index contributed by atoms with van der Waals surface area (Å²) in [6.07, 6.45) is 0.862. The van der Waals surface area contributed by atoms with E-state index in [-0.39, 0.29) is 29.3 Å². The Kier molecular flexibility index (Phi) is 6.84. The molecule has 1 heterocycles. The van der Waals surface area contributed by atoms with Crippen molar-refractivity contribution in [3.63, 3.8) is 0 Å². The Labute approximate surface area is 195 Å². The van der Waals surface area contributed by atoms with E-state index in [1.807, 2.05) is 20.8 Å². The largest absolute Gasteiger partial charge is 0.490 e.